The summed E-state index contributed by atoms with van der Waals surface area (Å²) in [5, 5.41) is 20.4. The Balaban J connectivity index is 1.63. The molecule has 308 valence electrons. The Morgan fingerprint density at radius 2 is 1.79 bits per heavy atom. The molecular formula is C42H61N5O8S. The normalized spacial score (nSPS) is 29.9. The number of ether oxygens (including phenoxy) is 2. The smallest absolute Gasteiger partial charge is 0.329 e. The number of thioether (sulfide) groups is 1. The molecule has 14 heteroatoms. The summed E-state index contributed by atoms with van der Waals surface area (Å²) < 4.78 is 11.4. The van der Waals surface area contributed by atoms with Gasteiger partial charge in [-0.1, -0.05) is 53.2 Å². The molecule has 0 spiro atoms. The molecule has 3 aliphatic rings. The molecule has 1 aromatic carbocycles. The molecule has 56 heavy (non-hydrogen) atoms. The number of amides is 4. The Labute approximate surface area is 336 Å². The first-order valence-electron chi connectivity index (χ1n) is 19.9. The molecule has 1 fully saturated rings. The van der Waals surface area contributed by atoms with E-state index in [1.54, 1.807) is 31.0 Å². The van der Waals surface area contributed by atoms with Gasteiger partial charge in [-0.15, -0.1) is 24.1 Å². The predicted octanol–water partition coefficient (Wildman–Crippen LogP) is 3.80. The minimum Gasteiger partial charge on any atom is -0.497 e. The number of cyclic esters (lactones) is 1. The zero-order valence-electron chi connectivity index (χ0n) is 34.0. The van der Waals surface area contributed by atoms with E-state index in [0.29, 0.717) is 56.6 Å². The van der Waals surface area contributed by atoms with Crippen LogP contribution in [0.2, 0.25) is 0 Å². The van der Waals surface area contributed by atoms with Crippen molar-refractivity contribution in [3.8, 4) is 18.1 Å². The molecule has 4 N–H and O–H groups in total. The Bertz CT molecular complexity index is 1620. The lowest BCUT2D eigenvalue weighted by molar-refractivity contribution is -0.164. The molecule has 13 nitrogen and oxygen atoms in total. The number of esters is 1. The summed E-state index contributed by atoms with van der Waals surface area (Å²) >= 11 is 1.54. The van der Waals surface area contributed by atoms with Crippen LogP contribution in [0.5, 0.6) is 5.75 Å². The number of fused-ring (bicyclic) bond motifs is 2. The number of benzene rings is 1. The molecule has 0 saturated carbocycles. The van der Waals surface area contributed by atoms with Gasteiger partial charge in [0.2, 0.25) is 23.6 Å². The average molecular weight is 796 g/mol. The maximum absolute atomic E-state index is 14.2. The Kier molecular flexibility index (Phi) is 16.2. The van der Waals surface area contributed by atoms with Crippen molar-refractivity contribution in [3.63, 3.8) is 0 Å². The molecule has 3 heterocycles. The minimum absolute atomic E-state index is 0.120. The number of methoxy groups -OCH3 is 1. The molecule has 9 atom stereocenters. The molecular weight excluding hydrogens is 735 g/mol. The third-order valence-corrected chi connectivity index (χ3v) is 12.1. The average Bonchev–Trinajstić information content (AvgIpc) is 3.84. The predicted molar refractivity (Wildman–Crippen MR) is 217 cm³/mol. The number of hydrogen-bond donors (Lipinski definition) is 4. The van der Waals surface area contributed by atoms with Crippen LogP contribution in [-0.4, -0.2) is 106 Å². The first-order valence-corrected chi connectivity index (χ1v) is 20.9. The van der Waals surface area contributed by atoms with Crippen molar-refractivity contribution in [2.24, 2.45) is 22.2 Å². The lowest BCUT2D eigenvalue weighted by Crippen LogP contribution is -2.59. The highest BCUT2D eigenvalue weighted by Gasteiger charge is 2.42. The summed E-state index contributed by atoms with van der Waals surface area (Å²) in [6.07, 6.45) is 7.82. The van der Waals surface area contributed by atoms with Crippen LogP contribution < -0.4 is 20.7 Å². The lowest BCUT2D eigenvalue weighted by atomic mass is 9.82. The van der Waals surface area contributed by atoms with E-state index in [2.05, 4.69) is 21.9 Å². The molecule has 1 aromatic rings. The highest BCUT2D eigenvalue weighted by Crippen LogP contribution is 2.33. The molecule has 0 radical (unpaired) electrons. The van der Waals surface area contributed by atoms with Crippen LogP contribution in [0.1, 0.15) is 98.5 Å². The number of hydrogen-bond acceptors (Lipinski definition) is 10. The summed E-state index contributed by atoms with van der Waals surface area (Å²) in [5.74, 6) is 1.04. The van der Waals surface area contributed by atoms with E-state index < -0.39 is 71.4 Å². The standard InChI is InChI=1S/C42H61N5O8S/c1-9-25(3)37-40(52)47-19-11-12-33(47)41(53)55-34(42(5,6)7)22-27(10-2)20-30(48)23-36-44-29(24-56-36)15-18-35(49)45-32(39(51)43-26(4)38(50)46-37)21-28-13-16-31(54-8)17-14-28/h2,13-14,16-17,25-27,29-30,32-34,37,48H,9,11-12,15,18-24H2,1,3-8H3,(H,43,51)(H,45,49)(H,46,50)/t25-,26-,27-,29+,30-,32-,33-,34-,37-/m0/s1. The van der Waals surface area contributed by atoms with Gasteiger partial charge in [-0.25, -0.2) is 4.79 Å². The van der Waals surface area contributed by atoms with Crippen molar-refractivity contribution >= 4 is 46.4 Å². The van der Waals surface area contributed by atoms with Crippen molar-refractivity contribution in [3.05, 3.63) is 29.8 Å². The number of aliphatic imine (C=N–C) groups is 1. The van der Waals surface area contributed by atoms with Gasteiger partial charge in [0, 0.05) is 37.5 Å². The second-order valence-electron chi connectivity index (χ2n) is 16.5. The molecule has 3 aliphatic heterocycles. The fraction of sp³-hybridized carbons (Fsp3) is 0.667. The van der Waals surface area contributed by atoms with Crippen LogP contribution in [-0.2, 0) is 35.1 Å². The fourth-order valence-electron chi connectivity index (χ4n) is 7.20. The number of rotatable bonds is 5. The van der Waals surface area contributed by atoms with Crippen LogP contribution in [0.15, 0.2) is 29.3 Å². The maximum atomic E-state index is 14.2. The number of terminal acetylenes is 1. The first-order chi connectivity index (χ1) is 26.5. The van der Waals surface area contributed by atoms with Crippen molar-refractivity contribution < 1.29 is 38.6 Å². The second-order valence-corrected chi connectivity index (χ2v) is 17.6. The molecule has 4 rings (SSSR count). The number of carbonyl (C=O) groups is 5. The molecule has 2 bridgehead atoms. The zero-order chi connectivity index (χ0) is 41.2. The van der Waals surface area contributed by atoms with Crippen LogP contribution >= 0.6 is 11.8 Å². The van der Waals surface area contributed by atoms with E-state index in [1.807, 2.05) is 46.8 Å². The van der Waals surface area contributed by atoms with Crippen molar-refractivity contribution in [2.75, 3.05) is 19.4 Å². The zero-order valence-corrected chi connectivity index (χ0v) is 34.8. The molecule has 4 amide bonds. The lowest BCUT2D eigenvalue weighted by Gasteiger charge is -2.35. The topological polar surface area (TPSA) is 176 Å². The molecule has 0 unspecified atom stereocenters. The van der Waals surface area contributed by atoms with Crippen molar-refractivity contribution in [1.82, 2.24) is 20.9 Å². The van der Waals surface area contributed by atoms with Crippen molar-refractivity contribution in [1.29, 1.82) is 0 Å². The van der Waals surface area contributed by atoms with E-state index >= 15 is 0 Å². The highest BCUT2D eigenvalue weighted by molar-refractivity contribution is 8.14. The number of nitrogens with one attached hydrogen (secondary N) is 3. The summed E-state index contributed by atoms with van der Waals surface area (Å²) in [5.41, 5.74) is 0.286. The van der Waals surface area contributed by atoms with Gasteiger partial charge in [-0.05, 0) is 68.1 Å². The summed E-state index contributed by atoms with van der Waals surface area (Å²) in [6, 6.07) is 3.15. The van der Waals surface area contributed by atoms with Crippen molar-refractivity contribution in [2.45, 2.75) is 142 Å². The largest absolute Gasteiger partial charge is 0.497 e. The SMILES string of the molecule is C#C[C@H]1C[C@H](O)CC2=N[C@H](CCC(=O)N[C@@H](Cc3ccc(OC)cc3)C(=O)N[C@@H](C)C(=O)N[C@@H]([C@@H](C)CC)C(=O)N3CCC[C@H]3C(=O)O[C@H](C(C)(C)C)C1)CS2. The monoisotopic (exact) mass is 795 g/mol. The van der Waals surface area contributed by atoms with Gasteiger partial charge < -0.3 is 35.4 Å². The van der Waals surface area contributed by atoms with Gasteiger partial charge in [-0.2, -0.15) is 0 Å². The van der Waals surface area contributed by atoms with E-state index in [9.17, 15) is 29.1 Å². The van der Waals surface area contributed by atoms with Gasteiger partial charge in [0.15, 0.2) is 0 Å². The van der Waals surface area contributed by atoms with Gasteiger partial charge in [0.25, 0.3) is 0 Å². The number of carbonyl (C=O) groups excluding carboxylic acids is 5. The van der Waals surface area contributed by atoms with Gasteiger partial charge >= 0.3 is 5.97 Å². The molecule has 0 aliphatic carbocycles. The number of aliphatic hydroxyl groups is 1. The Hall–Kier alpha value is -4.09. The molecule has 0 aromatic heterocycles. The van der Waals surface area contributed by atoms with Crippen LogP contribution in [0, 0.1) is 29.6 Å². The van der Waals surface area contributed by atoms with Gasteiger partial charge in [0.1, 0.15) is 36.0 Å². The number of aliphatic hydroxyl groups excluding tert-OH is 1. The number of nitrogens with zero attached hydrogens (tertiary/aromatic N) is 2. The highest BCUT2D eigenvalue weighted by atomic mass is 32.2. The molecule has 1 saturated heterocycles. The van der Waals surface area contributed by atoms with Crippen LogP contribution in [0.25, 0.3) is 0 Å². The third kappa shape index (κ3) is 12.5. The quantitative estimate of drug-likeness (QED) is 0.255. The van der Waals surface area contributed by atoms with Gasteiger partial charge in [0.05, 0.1) is 24.3 Å². The second kappa shape index (κ2) is 20.4. The fourth-order valence-corrected chi connectivity index (χ4v) is 8.36. The van der Waals surface area contributed by atoms with E-state index in [-0.39, 0.29) is 37.1 Å². The van der Waals surface area contributed by atoms with Gasteiger partial charge in [-0.3, -0.25) is 24.2 Å². The Morgan fingerprint density at radius 3 is 2.43 bits per heavy atom. The summed E-state index contributed by atoms with van der Waals surface area (Å²) in [6.45, 7) is 11.5. The summed E-state index contributed by atoms with van der Waals surface area (Å²) in [4.78, 5) is 75.2. The Morgan fingerprint density at radius 1 is 1.07 bits per heavy atom. The van der Waals surface area contributed by atoms with E-state index in [0.717, 1.165) is 10.6 Å². The van der Waals surface area contributed by atoms with Crippen LogP contribution in [0.3, 0.4) is 0 Å². The van der Waals surface area contributed by atoms with Crippen LogP contribution in [0.4, 0.5) is 0 Å². The minimum atomic E-state index is -1.05. The van der Waals surface area contributed by atoms with E-state index in [1.165, 1.54) is 11.8 Å². The maximum Gasteiger partial charge on any atom is 0.329 e. The van der Waals surface area contributed by atoms with E-state index in [4.69, 9.17) is 20.9 Å². The first kappa shape index (κ1) is 44.6. The summed E-state index contributed by atoms with van der Waals surface area (Å²) in [7, 11) is 1.56. The third-order valence-electron chi connectivity index (χ3n) is 11.0.